The molecule has 0 aliphatic carbocycles. The number of halogens is 1. The number of benzene rings is 2. The number of hydrogen-bond donors (Lipinski definition) is 1. The smallest absolute Gasteiger partial charge is 0.339 e. The molecule has 0 aromatic heterocycles. The largest absolute Gasteiger partial charge is 0.465 e. The molecule has 2 aromatic carbocycles. The number of carbonyl (C=O) groups is 3. The maximum Gasteiger partial charge on any atom is 0.339 e. The number of esters is 2. The van der Waals surface area contributed by atoms with Crippen LogP contribution in [0.3, 0.4) is 0 Å². The third-order valence-electron chi connectivity index (χ3n) is 3.23. The number of methoxy groups -OCH3 is 1. The average Bonchev–Trinajstić information content (AvgIpc) is 2.62. The van der Waals surface area contributed by atoms with Crippen molar-refractivity contribution in [3.63, 3.8) is 0 Å². The first kappa shape index (κ1) is 18.7. The molecule has 0 saturated carbocycles. The fraction of sp³-hybridized carbons (Fsp3) is 0.167. The lowest BCUT2D eigenvalue weighted by Gasteiger charge is -2.10. The second-order valence-corrected chi connectivity index (χ2v) is 5.96. The Labute approximate surface area is 153 Å². The molecule has 130 valence electrons. The van der Waals surface area contributed by atoms with E-state index in [1.807, 2.05) is 12.1 Å². The van der Waals surface area contributed by atoms with Crippen molar-refractivity contribution in [2.75, 3.05) is 19.0 Å². The second-order valence-electron chi connectivity index (χ2n) is 5.05. The molecular formula is C18H16BrNO5. The van der Waals surface area contributed by atoms with E-state index in [1.54, 1.807) is 30.3 Å². The first-order chi connectivity index (χ1) is 12.0. The highest BCUT2D eigenvalue weighted by Gasteiger charge is 2.14. The molecule has 0 fully saturated rings. The minimum Gasteiger partial charge on any atom is -0.465 e. The third-order valence-corrected chi connectivity index (χ3v) is 3.76. The SMILES string of the molecule is COC(=O)c1ccccc1NC(=O)COC(=O)Cc1ccc(Br)cc1. The van der Waals surface area contributed by atoms with Gasteiger partial charge in [-0.15, -0.1) is 0 Å². The Balaban J connectivity index is 1.87. The summed E-state index contributed by atoms with van der Waals surface area (Å²) in [4.78, 5) is 35.4. The van der Waals surface area contributed by atoms with Crippen molar-refractivity contribution >= 4 is 39.5 Å². The highest BCUT2D eigenvalue weighted by Crippen LogP contribution is 2.16. The number of anilines is 1. The van der Waals surface area contributed by atoms with Crippen molar-refractivity contribution < 1.29 is 23.9 Å². The molecule has 1 amide bonds. The summed E-state index contributed by atoms with van der Waals surface area (Å²) < 4.78 is 10.5. The molecule has 25 heavy (non-hydrogen) atoms. The Morgan fingerprint density at radius 2 is 1.72 bits per heavy atom. The number of rotatable bonds is 6. The normalized spacial score (nSPS) is 10.0. The van der Waals surface area contributed by atoms with E-state index in [9.17, 15) is 14.4 Å². The topological polar surface area (TPSA) is 81.7 Å². The van der Waals surface area contributed by atoms with Crippen LogP contribution in [0.25, 0.3) is 0 Å². The van der Waals surface area contributed by atoms with Crippen molar-refractivity contribution in [1.29, 1.82) is 0 Å². The molecule has 0 spiro atoms. The quantitative estimate of drug-likeness (QED) is 0.747. The van der Waals surface area contributed by atoms with Gasteiger partial charge in [-0.2, -0.15) is 0 Å². The van der Waals surface area contributed by atoms with Crippen molar-refractivity contribution in [3.8, 4) is 0 Å². The Kier molecular flexibility index (Phi) is 6.71. The van der Waals surface area contributed by atoms with Crippen molar-refractivity contribution in [3.05, 3.63) is 64.1 Å². The summed E-state index contributed by atoms with van der Waals surface area (Å²) in [7, 11) is 1.25. The minimum absolute atomic E-state index is 0.0688. The van der Waals surface area contributed by atoms with E-state index in [0.29, 0.717) is 5.69 Å². The molecule has 0 unspecified atom stereocenters. The van der Waals surface area contributed by atoms with Gasteiger partial charge in [0.05, 0.1) is 24.8 Å². The van der Waals surface area contributed by atoms with Gasteiger partial charge in [0.15, 0.2) is 6.61 Å². The number of ether oxygens (including phenoxy) is 2. The van der Waals surface area contributed by atoms with Crippen LogP contribution in [0.2, 0.25) is 0 Å². The van der Waals surface area contributed by atoms with Gasteiger partial charge in [0, 0.05) is 4.47 Å². The van der Waals surface area contributed by atoms with Crippen LogP contribution >= 0.6 is 15.9 Å². The summed E-state index contributed by atoms with van der Waals surface area (Å²) in [6.45, 7) is -0.440. The van der Waals surface area contributed by atoms with Gasteiger partial charge in [0.1, 0.15) is 0 Å². The molecule has 7 heteroatoms. The zero-order chi connectivity index (χ0) is 18.2. The van der Waals surface area contributed by atoms with Gasteiger partial charge in [-0.1, -0.05) is 40.2 Å². The van der Waals surface area contributed by atoms with Crippen LogP contribution in [0, 0.1) is 0 Å². The summed E-state index contributed by atoms with van der Waals surface area (Å²) >= 11 is 3.31. The van der Waals surface area contributed by atoms with Gasteiger partial charge < -0.3 is 14.8 Å². The van der Waals surface area contributed by atoms with Crippen LogP contribution in [0.1, 0.15) is 15.9 Å². The Hall–Kier alpha value is -2.67. The predicted molar refractivity (Wildman–Crippen MR) is 95.2 cm³/mol. The number of nitrogens with one attached hydrogen (secondary N) is 1. The summed E-state index contributed by atoms with van der Waals surface area (Å²) in [5.41, 5.74) is 1.30. The van der Waals surface area contributed by atoms with Crippen molar-refractivity contribution in [2.45, 2.75) is 6.42 Å². The van der Waals surface area contributed by atoms with Crippen LogP contribution in [0.5, 0.6) is 0 Å². The number of amides is 1. The maximum absolute atomic E-state index is 11.9. The summed E-state index contributed by atoms with van der Waals surface area (Å²) in [6, 6.07) is 13.6. The van der Waals surface area contributed by atoms with Gasteiger partial charge in [0.2, 0.25) is 0 Å². The molecule has 0 radical (unpaired) electrons. The second kappa shape index (κ2) is 8.98. The third kappa shape index (κ3) is 5.72. The Morgan fingerprint density at radius 3 is 2.40 bits per heavy atom. The molecule has 0 bridgehead atoms. The van der Waals surface area contributed by atoms with Crippen LogP contribution < -0.4 is 5.32 Å². The molecule has 2 aromatic rings. The van der Waals surface area contributed by atoms with E-state index >= 15 is 0 Å². The molecule has 0 atom stereocenters. The number of hydrogen-bond acceptors (Lipinski definition) is 5. The van der Waals surface area contributed by atoms with Crippen molar-refractivity contribution in [2.24, 2.45) is 0 Å². The predicted octanol–water partition coefficient (Wildman–Crippen LogP) is 2.96. The molecular weight excluding hydrogens is 390 g/mol. The standard InChI is InChI=1S/C18H16BrNO5/c1-24-18(23)14-4-2-3-5-15(14)20-16(21)11-25-17(22)10-12-6-8-13(19)9-7-12/h2-9H,10-11H2,1H3,(H,20,21). The van der Waals surface area contributed by atoms with Crippen LogP contribution in [0.4, 0.5) is 5.69 Å². The van der Waals surface area contributed by atoms with Crippen molar-refractivity contribution in [1.82, 2.24) is 0 Å². The molecule has 0 saturated heterocycles. The van der Waals surface area contributed by atoms with Crippen LogP contribution in [-0.2, 0) is 25.5 Å². The summed E-state index contributed by atoms with van der Waals surface area (Å²) in [6.07, 6.45) is 0.0688. The molecule has 6 nitrogen and oxygen atoms in total. The monoisotopic (exact) mass is 405 g/mol. The highest BCUT2D eigenvalue weighted by atomic mass is 79.9. The minimum atomic E-state index is -0.567. The van der Waals surface area contributed by atoms with E-state index in [1.165, 1.54) is 13.2 Å². The lowest BCUT2D eigenvalue weighted by molar-refractivity contribution is -0.146. The zero-order valence-corrected chi connectivity index (χ0v) is 15.0. The molecule has 0 heterocycles. The van der Waals surface area contributed by atoms with E-state index in [4.69, 9.17) is 4.74 Å². The van der Waals surface area contributed by atoms with Crippen LogP contribution in [-0.4, -0.2) is 31.6 Å². The first-order valence-corrected chi connectivity index (χ1v) is 8.16. The zero-order valence-electron chi connectivity index (χ0n) is 13.5. The molecule has 0 aliphatic rings. The molecule has 1 N–H and O–H groups in total. The number of para-hydroxylation sites is 1. The van der Waals surface area contributed by atoms with E-state index in [2.05, 4.69) is 26.0 Å². The van der Waals surface area contributed by atoms with E-state index < -0.39 is 24.5 Å². The lowest BCUT2D eigenvalue weighted by Crippen LogP contribution is -2.22. The Bertz CT molecular complexity index is 773. The molecule has 0 aliphatic heterocycles. The van der Waals surface area contributed by atoms with Crippen LogP contribution in [0.15, 0.2) is 53.0 Å². The van der Waals surface area contributed by atoms with Gasteiger partial charge >= 0.3 is 11.9 Å². The highest BCUT2D eigenvalue weighted by molar-refractivity contribution is 9.10. The lowest BCUT2D eigenvalue weighted by atomic mass is 10.1. The van der Waals surface area contributed by atoms with E-state index in [0.717, 1.165) is 10.0 Å². The summed E-state index contributed by atoms with van der Waals surface area (Å²) in [5, 5.41) is 2.53. The fourth-order valence-electron chi connectivity index (χ4n) is 2.03. The fourth-order valence-corrected chi connectivity index (χ4v) is 2.30. The maximum atomic E-state index is 11.9. The Morgan fingerprint density at radius 1 is 1.04 bits per heavy atom. The van der Waals surface area contributed by atoms with Gasteiger partial charge in [0.25, 0.3) is 5.91 Å². The van der Waals surface area contributed by atoms with Gasteiger partial charge in [-0.3, -0.25) is 9.59 Å². The molecule has 2 rings (SSSR count). The van der Waals surface area contributed by atoms with Gasteiger partial charge in [-0.25, -0.2) is 4.79 Å². The number of carbonyl (C=O) groups excluding carboxylic acids is 3. The van der Waals surface area contributed by atoms with E-state index in [-0.39, 0.29) is 12.0 Å². The summed E-state index contributed by atoms with van der Waals surface area (Å²) in [5.74, 6) is -1.62. The van der Waals surface area contributed by atoms with Gasteiger partial charge in [-0.05, 0) is 29.8 Å². The average molecular weight is 406 g/mol. The first-order valence-electron chi connectivity index (χ1n) is 7.37.